The minimum absolute atomic E-state index is 0.00932. The molecule has 0 aromatic heterocycles. The first-order valence-corrected chi connectivity index (χ1v) is 11.1. The summed E-state index contributed by atoms with van der Waals surface area (Å²) in [6.07, 6.45) is 0.348. The van der Waals surface area contributed by atoms with Crippen LogP contribution in [0.15, 0.2) is 53.0 Å². The maximum atomic E-state index is 14.0. The fourth-order valence-corrected chi connectivity index (χ4v) is 5.01. The average Bonchev–Trinajstić information content (AvgIpc) is 3.00. The van der Waals surface area contributed by atoms with Crippen molar-refractivity contribution in [1.29, 1.82) is 0 Å². The predicted octanol–water partition coefficient (Wildman–Crippen LogP) is 3.18. The highest BCUT2D eigenvalue weighted by Gasteiger charge is 2.35. The third-order valence-electron chi connectivity index (χ3n) is 4.44. The molecule has 2 aromatic rings. The van der Waals surface area contributed by atoms with E-state index in [0.717, 1.165) is 4.47 Å². The van der Waals surface area contributed by atoms with Crippen molar-refractivity contribution in [3.63, 3.8) is 0 Å². The van der Waals surface area contributed by atoms with Crippen molar-refractivity contribution in [2.75, 3.05) is 18.1 Å². The van der Waals surface area contributed by atoms with Crippen LogP contribution in [0, 0.1) is 5.82 Å². The van der Waals surface area contributed by atoms with Gasteiger partial charge in [0.1, 0.15) is 11.6 Å². The molecule has 0 bridgehead atoms. The molecule has 1 fully saturated rings. The molecule has 3 rings (SSSR count). The number of halogens is 2. The summed E-state index contributed by atoms with van der Waals surface area (Å²) in [5, 5.41) is 0. The molecular weight excluding hydrogens is 437 g/mol. The molecule has 0 N–H and O–H groups in total. The molecule has 1 amide bonds. The van der Waals surface area contributed by atoms with Crippen LogP contribution in [-0.2, 0) is 21.2 Å². The molecule has 0 saturated carbocycles. The van der Waals surface area contributed by atoms with Crippen LogP contribution in [0.2, 0.25) is 0 Å². The largest absolute Gasteiger partial charge is 0.484 e. The predicted molar refractivity (Wildman–Crippen MR) is 104 cm³/mol. The summed E-state index contributed by atoms with van der Waals surface area (Å²) < 4.78 is 44.2. The number of rotatable bonds is 6. The number of sulfone groups is 1. The van der Waals surface area contributed by atoms with Crippen molar-refractivity contribution in [2.24, 2.45) is 0 Å². The molecule has 1 atom stereocenters. The van der Waals surface area contributed by atoms with Gasteiger partial charge in [0.25, 0.3) is 5.91 Å². The van der Waals surface area contributed by atoms with E-state index in [-0.39, 0.29) is 30.6 Å². The summed E-state index contributed by atoms with van der Waals surface area (Å²) in [5.74, 6) is -0.345. The molecule has 1 aliphatic heterocycles. The van der Waals surface area contributed by atoms with Gasteiger partial charge in [-0.15, -0.1) is 0 Å². The summed E-state index contributed by atoms with van der Waals surface area (Å²) in [6, 6.07) is 12.7. The Morgan fingerprint density at radius 2 is 1.89 bits per heavy atom. The number of carbonyl (C=O) groups is 1. The zero-order valence-electron chi connectivity index (χ0n) is 14.5. The van der Waals surface area contributed by atoms with E-state index in [0.29, 0.717) is 17.7 Å². The summed E-state index contributed by atoms with van der Waals surface area (Å²) in [6.45, 7) is -0.234. The standard InChI is InChI=1S/C19H19BrFNO4S/c20-15-5-7-17(8-6-15)26-12-19(23)22(16-9-10-27(24,25)13-16)11-14-3-1-2-4-18(14)21/h1-8,16H,9-13H2/t16-/m0/s1. The Morgan fingerprint density at radius 3 is 2.52 bits per heavy atom. The minimum Gasteiger partial charge on any atom is -0.484 e. The normalized spacial score (nSPS) is 18.2. The average molecular weight is 456 g/mol. The number of nitrogens with zero attached hydrogens (tertiary/aromatic N) is 1. The summed E-state index contributed by atoms with van der Waals surface area (Å²) >= 11 is 3.32. The van der Waals surface area contributed by atoms with Crippen LogP contribution in [0.3, 0.4) is 0 Å². The lowest BCUT2D eigenvalue weighted by Crippen LogP contribution is -2.43. The van der Waals surface area contributed by atoms with Crippen LogP contribution in [0.5, 0.6) is 5.75 Å². The molecule has 5 nitrogen and oxygen atoms in total. The first-order chi connectivity index (χ1) is 12.8. The van der Waals surface area contributed by atoms with E-state index in [4.69, 9.17) is 4.74 Å². The number of hydrogen-bond donors (Lipinski definition) is 0. The van der Waals surface area contributed by atoms with Gasteiger partial charge in [-0.3, -0.25) is 4.79 Å². The Hall–Kier alpha value is -1.93. The van der Waals surface area contributed by atoms with Gasteiger partial charge in [0.05, 0.1) is 11.5 Å². The van der Waals surface area contributed by atoms with Gasteiger partial charge in [-0.05, 0) is 36.8 Å². The quantitative estimate of drug-likeness (QED) is 0.670. The van der Waals surface area contributed by atoms with Crippen molar-refractivity contribution in [3.05, 3.63) is 64.4 Å². The SMILES string of the molecule is O=C(COc1ccc(Br)cc1)N(Cc1ccccc1F)[C@H]1CCS(=O)(=O)C1. The number of ether oxygens (including phenoxy) is 1. The Bertz CT molecular complexity index is 918. The van der Waals surface area contributed by atoms with Gasteiger partial charge in [0.15, 0.2) is 16.4 Å². The monoisotopic (exact) mass is 455 g/mol. The molecule has 0 radical (unpaired) electrons. The third kappa shape index (κ3) is 5.29. The highest BCUT2D eigenvalue weighted by molar-refractivity contribution is 9.10. The fraction of sp³-hybridized carbons (Fsp3) is 0.316. The molecule has 27 heavy (non-hydrogen) atoms. The fourth-order valence-electron chi connectivity index (χ4n) is 3.01. The van der Waals surface area contributed by atoms with E-state index in [1.165, 1.54) is 11.0 Å². The lowest BCUT2D eigenvalue weighted by molar-refractivity contribution is -0.136. The smallest absolute Gasteiger partial charge is 0.261 e. The van der Waals surface area contributed by atoms with Crippen molar-refractivity contribution >= 4 is 31.7 Å². The van der Waals surface area contributed by atoms with Gasteiger partial charge < -0.3 is 9.64 Å². The maximum Gasteiger partial charge on any atom is 0.261 e. The molecule has 1 aliphatic rings. The first kappa shape index (κ1) is 19.8. The molecule has 1 saturated heterocycles. The van der Waals surface area contributed by atoms with Gasteiger partial charge in [0.2, 0.25) is 0 Å². The van der Waals surface area contributed by atoms with E-state index in [9.17, 15) is 17.6 Å². The second kappa shape index (κ2) is 8.39. The Morgan fingerprint density at radius 1 is 1.19 bits per heavy atom. The van der Waals surface area contributed by atoms with E-state index in [2.05, 4.69) is 15.9 Å². The molecule has 1 heterocycles. The van der Waals surface area contributed by atoms with Crippen LogP contribution in [0.4, 0.5) is 4.39 Å². The molecule has 8 heteroatoms. The van der Waals surface area contributed by atoms with E-state index < -0.39 is 21.7 Å². The summed E-state index contributed by atoms with van der Waals surface area (Å²) in [5.41, 5.74) is 0.346. The van der Waals surface area contributed by atoms with Crippen molar-refractivity contribution in [3.8, 4) is 5.75 Å². The third-order valence-corrected chi connectivity index (χ3v) is 6.72. The van der Waals surface area contributed by atoms with E-state index >= 15 is 0 Å². The van der Waals surface area contributed by atoms with Crippen LogP contribution >= 0.6 is 15.9 Å². The van der Waals surface area contributed by atoms with Gasteiger partial charge in [-0.25, -0.2) is 12.8 Å². The lowest BCUT2D eigenvalue weighted by atomic mass is 10.1. The number of carbonyl (C=O) groups excluding carboxylic acids is 1. The van der Waals surface area contributed by atoms with Gasteiger partial charge in [-0.2, -0.15) is 0 Å². The molecule has 144 valence electrons. The minimum atomic E-state index is -3.18. The number of amides is 1. The lowest BCUT2D eigenvalue weighted by Gasteiger charge is -2.28. The van der Waals surface area contributed by atoms with Gasteiger partial charge in [-0.1, -0.05) is 34.1 Å². The van der Waals surface area contributed by atoms with Gasteiger partial charge in [0, 0.05) is 22.6 Å². The van der Waals surface area contributed by atoms with E-state index in [1.807, 2.05) is 0 Å². The van der Waals surface area contributed by atoms with Crippen molar-refractivity contribution in [1.82, 2.24) is 4.90 Å². The Kier molecular flexibility index (Phi) is 6.16. The number of benzene rings is 2. The van der Waals surface area contributed by atoms with Crippen molar-refractivity contribution < 1.29 is 22.3 Å². The zero-order chi connectivity index (χ0) is 19.4. The highest BCUT2D eigenvalue weighted by atomic mass is 79.9. The highest BCUT2D eigenvalue weighted by Crippen LogP contribution is 2.22. The van der Waals surface area contributed by atoms with Crippen LogP contribution in [0.1, 0.15) is 12.0 Å². The zero-order valence-corrected chi connectivity index (χ0v) is 16.9. The molecular formula is C19H19BrFNO4S. The van der Waals surface area contributed by atoms with Crippen molar-refractivity contribution in [2.45, 2.75) is 19.0 Å². The maximum absolute atomic E-state index is 14.0. The van der Waals surface area contributed by atoms with Gasteiger partial charge >= 0.3 is 0 Å². The van der Waals surface area contributed by atoms with E-state index in [1.54, 1.807) is 42.5 Å². The Labute approximate surface area is 166 Å². The molecule has 0 aliphatic carbocycles. The Balaban J connectivity index is 1.75. The molecule has 0 spiro atoms. The summed E-state index contributed by atoms with van der Waals surface area (Å²) in [7, 11) is -3.18. The van der Waals surface area contributed by atoms with Crippen LogP contribution in [0.25, 0.3) is 0 Å². The summed E-state index contributed by atoms with van der Waals surface area (Å²) in [4.78, 5) is 14.2. The molecule has 0 unspecified atom stereocenters. The second-order valence-corrected chi connectivity index (χ2v) is 9.56. The second-order valence-electron chi connectivity index (χ2n) is 6.41. The number of hydrogen-bond acceptors (Lipinski definition) is 4. The first-order valence-electron chi connectivity index (χ1n) is 8.46. The van der Waals surface area contributed by atoms with Crippen LogP contribution in [-0.4, -0.2) is 43.4 Å². The van der Waals surface area contributed by atoms with Crippen LogP contribution < -0.4 is 4.74 Å². The topological polar surface area (TPSA) is 63.7 Å². The molecule has 2 aromatic carbocycles.